The minimum absolute atomic E-state index is 0.0522. The molecule has 0 bridgehead atoms. The summed E-state index contributed by atoms with van der Waals surface area (Å²) in [6, 6.07) is 0. The number of carbonyl (C=O) groups excluding carboxylic acids is 1. The highest BCUT2D eigenvalue weighted by Gasteiger charge is 2.24. The fraction of sp³-hybridized carbons (Fsp3) is 0.875. The van der Waals surface area contributed by atoms with E-state index >= 15 is 0 Å². The van der Waals surface area contributed by atoms with Crippen molar-refractivity contribution in [2.45, 2.75) is 19.4 Å². The van der Waals surface area contributed by atoms with Gasteiger partial charge in [-0.05, 0) is 6.42 Å². The predicted molar refractivity (Wildman–Crippen MR) is 43.7 cm³/mol. The highest BCUT2D eigenvalue weighted by molar-refractivity contribution is 5.73. The Morgan fingerprint density at radius 1 is 1.75 bits per heavy atom. The van der Waals surface area contributed by atoms with Crippen LogP contribution in [0.25, 0.3) is 0 Å². The van der Waals surface area contributed by atoms with Crippen molar-refractivity contribution in [2.75, 3.05) is 26.3 Å². The maximum absolute atomic E-state index is 10.9. The smallest absolute Gasteiger partial charge is 0.219 e. The van der Waals surface area contributed by atoms with E-state index in [4.69, 9.17) is 9.84 Å². The molecule has 1 amide bonds. The van der Waals surface area contributed by atoms with Crippen LogP contribution in [0.1, 0.15) is 13.3 Å². The molecule has 0 aromatic carbocycles. The number of carbonyl (C=O) groups is 1. The van der Waals surface area contributed by atoms with Gasteiger partial charge in [-0.3, -0.25) is 4.79 Å². The molecule has 12 heavy (non-hydrogen) atoms. The van der Waals surface area contributed by atoms with Crippen molar-refractivity contribution in [3.8, 4) is 0 Å². The molecule has 0 radical (unpaired) electrons. The Morgan fingerprint density at radius 3 is 3.00 bits per heavy atom. The van der Waals surface area contributed by atoms with Crippen LogP contribution in [0.4, 0.5) is 0 Å². The van der Waals surface area contributed by atoms with Crippen molar-refractivity contribution in [2.24, 2.45) is 0 Å². The van der Waals surface area contributed by atoms with Gasteiger partial charge in [-0.25, -0.2) is 0 Å². The molecule has 1 fully saturated rings. The number of likely N-dealkylation sites (tertiary alicyclic amines) is 1. The summed E-state index contributed by atoms with van der Waals surface area (Å²) in [5, 5.41) is 8.50. The number of aliphatic hydroxyl groups is 1. The van der Waals surface area contributed by atoms with Crippen LogP contribution in [0.5, 0.6) is 0 Å². The Labute approximate surface area is 72.1 Å². The summed E-state index contributed by atoms with van der Waals surface area (Å²) < 4.78 is 5.29. The highest BCUT2D eigenvalue weighted by Crippen LogP contribution is 2.11. The van der Waals surface area contributed by atoms with Crippen molar-refractivity contribution in [1.82, 2.24) is 4.90 Å². The molecule has 4 nitrogen and oxygen atoms in total. The van der Waals surface area contributed by atoms with Gasteiger partial charge in [0.1, 0.15) is 0 Å². The van der Waals surface area contributed by atoms with E-state index in [1.807, 2.05) is 0 Å². The lowest BCUT2D eigenvalue weighted by atomic mass is 10.3. The van der Waals surface area contributed by atoms with Crippen LogP contribution in [-0.2, 0) is 9.53 Å². The average molecular weight is 173 g/mol. The second-order valence-electron chi connectivity index (χ2n) is 2.97. The molecule has 1 rings (SSSR count). The van der Waals surface area contributed by atoms with Gasteiger partial charge in [0, 0.05) is 20.0 Å². The summed E-state index contributed by atoms with van der Waals surface area (Å²) in [5.41, 5.74) is 0. The van der Waals surface area contributed by atoms with Crippen molar-refractivity contribution < 1.29 is 14.6 Å². The zero-order chi connectivity index (χ0) is 8.97. The first kappa shape index (κ1) is 9.48. The third-order valence-electron chi connectivity index (χ3n) is 2.04. The van der Waals surface area contributed by atoms with E-state index in [0.29, 0.717) is 13.2 Å². The fourth-order valence-electron chi connectivity index (χ4n) is 1.37. The maximum Gasteiger partial charge on any atom is 0.219 e. The first-order valence-electron chi connectivity index (χ1n) is 4.22. The van der Waals surface area contributed by atoms with Crippen molar-refractivity contribution >= 4 is 5.91 Å². The summed E-state index contributed by atoms with van der Waals surface area (Å²) in [6.45, 7) is 3.45. The highest BCUT2D eigenvalue weighted by atomic mass is 16.5. The zero-order valence-electron chi connectivity index (χ0n) is 7.32. The molecular weight excluding hydrogens is 158 g/mol. The maximum atomic E-state index is 10.9. The van der Waals surface area contributed by atoms with E-state index in [-0.39, 0.29) is 18.6 Å². The molecule has 1 saturated heterocycles. The second kappa shape index (κ2) is 4.42. The van der Waals surface area contributed by atoms with E-state index in [1.165, 1.54) is 0 Å². The summed E-state index contributed by atoms with van der Waals surface area (Å²) >= 11 is 0. The van der Waals surface area contributed by atoms with Gasteiger partial charge in [0.05, 0.1) is 19.3 Å². The Hall–Kier alpha value is -0.610. The van der Waals surface area contributed by atoms with Gasteiger partial charge in [-0.15, -0.1) is 0 Å². The van der Waals surface area contributed by atoms with Crippen molar-refractivity contribution in [3.63, 3.8) is 0 Å². The van der Waals surface area contributed by atoms with Crippen LogP contribution in [0.15, 0.2) is 0 Å². The quantitative estimate of drug-likeness (QED) is 0.632. The number of amides is 1. The largest absolute Gasteiger partial charge is 0.394 e. The standard InChI is InChI=1S/C8H15NO3/c1-7(11)9-3-2-8(6-9)12-5-4-10/h8,10H,2-6H2,1H3/t8-/m1/s1. The SMILES string of the molecule is CC(=O)N1CC[C@@H](OCCO)C1. The molecule has 0 unspecified atom stereocenters. The predicted octanol–water partition coefficient (Wildman–Crippen LogP) is -0.384. The van der Waals surface area contributed by atoms with E-state index in [9.17, 15) is 4.79 Å². The Kier molecular flexibility index (Phi) is 3.49. The first-order chi connectivity index (χ1) is 5.74. The van der Waals surface area contributed by atoms with Crippen LogP contribution in [0.2, 0.25) is 0 Å². The summed E-state index contributed by atoms with van der Waals surface area (Å²) in [6.07, 6.45) is 1.01. The molecule has 1 N–H and O–H groups in total. The molecule has 0 spiro atoms. The van der Waals surface area contributed by atoms with E-state index < -0.39 is 0 Å². The first-order valence-corrected chi connectivity index (χ1v) is 4.22. The normalized spacial score (nSPS) is 23.2. The fourth-order valence-corrected chi connectivity index (χ4v) is 1.37. The van der Waals surface area contributed by atoms with Gasteiger partial charge < -0.3 is 14.7 Å². The molecule has 1 atom stereocenters. The number of rotatable bonds is 3. The van der Waals surface area contributed by atoms with Crippen LogP contribution in [-0.4, -0.2) is 48.3 Å². The lowest BCUT2D eigenvalue weighted by molar-refractivity contribution is -0.128. The number of aliphatic hydroxyl groups excluding tert-OH is 1. The molecule has 0 aromatic rings. The summed E-state index contributed by atoms with van der Waals surface area (Å²) in [7, 11) is 0. The Morgan fingerprint density at radius 2 is 2.50 bits per heavy atom. The summed E-state index contributed by atoms with van der Waals surface area (Å²) in [5.74, 6) is 0.102. The van der Waals surface area contributed by atoms with Crippen LogP contribution in [0, 0.1) is 0 Å². The topological polar surface area (TPSA) is 49.8 Å². The van der Waals surface area contributed by atoms with Crippen LogP contribution in [0.3, 0.4) is 0 Å². The molecule has 0 aromatic heterocycles. The molecule has 0 saturated carbocycles. The number of hydrogen-bond acceptors (Lipinski definition) is 3. The molecule has 1 aliphatic rings. The second-order valence-corrected chi connectivity index (χ2v) is 2.97. The lowest BCUT2D eigenvalue weighted by Crippen LogP contribution is -2.28. The van der Waals surface area contributed by atoms with Crippen LogP contribution >= 0.6 is 0 Å². The lowest BCUT2D eigenvalue weighted by Gasteiger charge is -2.13. The van der Waals surface area contributed by atoms with Crippen molar-refractivity contribution in [1.29, 1.82) is 0 Å². The molecule has 70 valence electrons. The van der Waals surface area contributed by atoms with Crippen molar-refractivity contribution in [3.05, 3.63) is 0 Å². The molecule has 0 aliphatic carbocycles. The van der Waals surface area contributed by atoms with Gasteiger partial charge in [-0.1, -0.05) is 0 Å². The third kappa shape index (κ3) is 2.46. The van der Waals surface area contributed by atoms with E-state index in [2.05, 4.69) is 0 Å². The number of ether oxygens (including phenoxy) is 1. The zero-order valence-corrected chi connectivity index (χ0v) is 7.32. The van der Waals surface area contributed by atoms with Gasteiger partial charge in [-0.2, -0.15) is 0 Å². The minimum atomic E-state index is 0.0522. The number of hydrogen-bond donors (Lipinski definition) is 1. The minimum Gasteiger partial charge on any atom is -0.394 e. The Bertz CT molecular complexity index is 160. The van der Waals surface area contributed by atoms with Gasteiger partial charge in [0.15, 0.2) is 0 Å². The third-order valence-corrected chi connectivity index (χ3v) is 2.04. The summed E-state index contributed by atoms with van der Waals surface area (Å²) in [4.78, 5) is 12.7. The molecule has 1 aliphatic heterocycles. The number of nitrogens with zero attached hydrogens (tertiary/aromatic N) is 1. The van der Waals surface area contributed by atoms with Crippen LogP contribution < -0.4 is 0 Å². The van der Waals surface area contributed by atoms with Gasteiger partial charge in [0.25, 0.3) is 0 Å². The van der Waals surface area contributed by atoms with Gasteiger partial charge >= 0.3 is 0 Å². The molecule has 4 heteroatoms. The average Bonchev–Trinajstić information content (AvgIpc) is 2.48. The molecule has 1 heterocycles. The van der Waals surface area contributed by atoms with E-state index in [0.717, 1.165) is 13.0 Å². The molecular formula is C8H15NO3. The van der Waals surface area contributed by atoms with E-state index in [1.54, 1.807) is 11.8 Å². The van der Waals surface area contributed by atoms with Gasteiger partial charge in [0.2, 0.25) is 5.91 Å². The Balaban J connectivity index is 2.21. The monoisotopic (exact) mass is 173 g/mol.